The van der Waals surface area contributed by atoms with Crippen LogP contribution >= 0.6 is 0 Å². The molecule has 0 unspecified atom stereocenters. The van der Waals surface area contributed by atoms with Gasteiger partial charge in [0.25, 0.3) is 0 Å². The number of fused-ring (bicyclic) bond motifs is 1. The Balaban J connectivity index is 2.60. The number of nitrogens with one attached hydrogen (secondary N) is 1. The van der Waals surface area contributed by atoms with Crippen LogP contribution in [0.2, 0.25) is 0 Å². The molecule has 0 atom stereocenters. The monoisotopic (exact) mass is 173 g/mol. The van der Waals surface area contributed by atoms with Crippen LogP contribution in [0.4, 0.5) is 0 Å². The van der Waals surface area contributed by atoms with Gasteiger partial charge in [0.2, 0.25) is 0 Å². The first-order valence-corrected chi connectivity index (χ1v) is 4.18. The summed E-state index contributed by atoms with van der Waals surface area (Å²) in [6.45, 7) is 2.00. The van der Waals surface area contributed by atoms with Gasteiger partial charge in [-0.15, -0.1) is 0 Å². The molecule has 0 aliphatic heterocycles. The zero-order chi connectivity index (χ0) is 9.26. The Bertz CT molecular complexity index is 454. The van der Waals surface area contributed by atoms with E-state index in [0.29, 0.717) is 0 Å². The summed E-state index contributed by atoms with van der Waals surface area (Å²) in [5, 5.41) is 8.03. The summed E-state index contributed by atoms with van der Waals surface area (Å²) in [4.78, 5) is 4.13. The first-order chi connectivity index (χ1) is 6.31. The lowest BCUT2D eigenvalue weighted by Gasteiger charge is -1.98. The molecule has 1 aromatic heterocycles. The highest BCUT2D eigenvalue weighted by atomic mass is 15.1. The molecule has 13 heavy (non-hydrogen) atoms. The van der Waals surface area contributed by atoms with Crippen molar-refractivity contribution in [1.82, 2.24) is 10.2 Å². The quantitative estimate of drug-likeness (QED) is 0.658. The van der Waals surface area contributed by atoms with Crippen molar-refractivity contribution < 1.29 is 0 Å². The summed E-state index contributed by atoms with van der Waals surface area (Å²) in [6.07, 6.45) is 1.82. The van der Waals surface area contributed by atoms with Crippen LogP contribution in [-0.2, 0) is 0 Å². The Morgan fingerprint density at radius 2 is 2.31 bits per heavy atom. The van der Waals surface area contributed by atoms with Gasteiger partial charge in [0.05, 0.1) is 11.7 Å². The Morgan fingerprint density at radius 1 is 1.46 bits per heavy atom. The predicted octanol–water partition coefficient (Wildman–Crippen LogP) is 2.00. The number of hydrogen-bond acceptors (Lipinski definition) is 2. The second-order valence-electron chi connectivity index (χ2n) is 2.98. The van der Waals surface area contributed by atoms with Gasteiger partial charge in [0, 0.05) is 18.1 Å². The maximum absolute atomic E-state index is 4.13. The van der Waals surface area contributed by atoms with Crippen molar-refractivity contribution in [2.24, 2.45) is 4.99 Å². The number of rotatable bonds is 1. The molecule has 1 N–H and O–H groups in total. The highest BCUT2D eigenvalue weighted by Gasteiger charge is 1.99. The van der Waals surface area contributed by atoms with Gasteiger partial charge in [-0.05, 0) is 18.6 Å². The molecule has 0 amide bonds. The van der Waals surface area contributed by atoms with Crippen molar-refractivity contribution in [3.63, 3.8) is 0 Å². The van der Waals surface area contributed by atoms with Crippen LogP contribution < -0.4 is 0 Å². The van der Waals surface area contributed by atoms with Crippen molar-refractivity contribution in [2.45, 2.75) is 6.92 Å². The van der Waals surface area contributed by atoms with Crippen molar-refractivity contribution in [1.29, 1.82) is 0 Å². The van der Waals surface area contributed by atoms with E-state index >= 15 is 0 Å². The average molecular weight is 173 g/mol. The van der Waals surface area contributed by atoms with Gasteiger partial charge >= 0.3 is 0 Å². The highest BCUT2D eigenvalue weighted by molar-refractivity contribution is 6.01. The summed E-state index contributed by atoms with van der Waals surface area (Å²) in [5.41, 5.74) is 3.23. The fraction of sp³-hybridized carbons (Fsp3) is 0.200. The molecule has 3 heteroatoms. The van der Waals surface area contributed by atoms with Gasteiger partial charge in [-0.2, -0.15) is 5.10 Å². The topological polar surface area (TPSA) is 41.0 Å². The summed E-state index contributed by atoms with van der Waals surface area (Å²) in [7, 11) is 1.80. The summed E-state index contributed by atoms with van der Waals surface area (Å²) >= 11 is 0. The Morgan fingerprint density at radius 3 is 3.08 bits per heavy atom. The minimum Gasteiger partial charge on any atom is -0.293 e. The van der Waals surface area contributed by atoms with Gasteiger partial charge < -0.3 is 0 Å². The highest BCUT2D eigenvalue weighted by Crippen LogP contribution is 2.13. The fourth-order valence-electron chi connectivity index (χ4n) is 1.29. The minimum atomic E-state index is 1.04. The summed E-state index contributed by atoms with van der Waals surface area (Å²) < 4.78 is 0. The molecular formula is C10H11N3. The first kappa shape index (κ1) is 7.98. The molecule has 0 saturated carbocycles. The fourth-order valence-corrected chi connectivity index (χ4v) is 1.29. The second-order valence-corrected chi connectivity index (χ2v) is 2.98. The third kappa shape index (κ3) is 1.33. The number of benzene rings is 1. The van der Waals surface area contributed by atoms with Crippen LogP contribution in [0.15, 0.2) is 29.4 Å². The van der Waals surface area contributed by atoms with Crippen molar-refractivity contribution in [2.75, 3.05) is 7.05 Å². The molecule has 0 aliphatic rings. The van der Waals surface area contributed by atoms with E-state index in [4.69, 9.17) is 0 Å². The summed E-state index contributed by atoms with van der Waals surface area (Å²) in [6, 6.07) is 6.16. The van der Waals surface area contributed by atoms with Crippen molar-refractivity contribution in [3.8, 4) is 0 Å². The van der Waals surface area contributed by atoms with Gasteiger partial charge in [-0.3, -0.25) is 10.1 Å². The van der Waals surface area contributed by atoms with E-state index in [2.05, 4.69) is 27.3 Å². The molecule has 0 spiro atoms. The number of H-pyrrole nitrogens is 1. The second kappa shape index (κ2) is 3.01. The molecule has 1 aromatic carbocycles. The molecule has 0 radical (unpaired) electrons. The Hall–Kier alpha value is -1.64. The lowest BCUT2D eigenvalue weighted by atomic mass is 10.1. The lowest BCUT2D eigenvalue weighted by molar-refractivity contribution is 1.12. The zero-order valence-corrected chi connectivity index (χ0v) is 7.70. The van der Waals surface area contributed by atoms with E-state index in [1.807, 2.05) is 19.2 Å². The van der Waals surface area contributed by atoms with Crippen LogP contribution in [0, 0.1) is 0 Å². The number of aromatic amines is 1. The molecule has 0 aliphatic carbocycles. The maximum atomic E-state index is 4.13. The number of hydrogen-bond donors (Lipinski definition) is 1. The standard InChI is InChI=1S/C10H11N3/c1-7(11-2)8-3-4-9-6-12-13-10(9)5-8/h3-6H,1-2H3,(H,12,13). The number of aliphatic imine (C=N–C) groups is 1. The van der Waals surface area contributed by atoms with E-state index in [1.54, 1.807) is 7.05 Å². The SMILES string of the molecule is CN=C(C)c1ccc2cn[nH]c2c1. The van der Waals surface area contributed by atoms with Crippen LogP contribution in [-0.4, -0.2) is 23.0 Å². The van der Waals surface area contributed by atoms with Crippen molar-refractivity contribution >= 4 is 16.6 Å². The van der Waals surface area contributed by atoms with Gasteiger partial charge in [0.1, 0.15) is 0 Å². The summed E-state index contributed by atoms with van der Waals surface area (Å²) in [5.74, 6) is 0. The molecule has 66 valence electrons. The van der Waals surface area contributed by atoms with Crippen LogP contribution in [0.3, 0.4) is 0 Å². The van der Waals surface area contributed by atoms with Crippen LogP contribution in [0.25, 0.3) is 10.9 Å². The third-order valence-corrected chi connectivity index (χ3v) is 2.20. The van der Waals surface area contributed by atoms with Gasteiger partial charge in [-0.25, -0.2) is 0 Å². The molecule has 3 nitrogen and oxygen atoms in total. The van der Waals surface area contributed by atoms with Gasteiger partial charge in [0.15, 0.2) is 0 Å². The normalized spacial score (nSPS) is 12.3. The molecule has 0 bridgehead atoms. The Labute approximate surface area is 76.5 Å². The smallest absolute Gasteiger partial charge is 0.0656 e. The molecule has 0 fully saturated rings. The van der Waals surface area contributed by atoms with Gasteiger partial charge in [-0.1, -0.05) is 12.1 Å². The van der Waals surface area contributed by atoms with E-state index in [1.165, 1.54) is 0 Å². The minimum absolute atomic E-state index is 1.04. The largest absolute Gasteiger partial charge is 0.293 e. The van der Waals surface area contributed by atoms with E-state index < -0.39 is 0 Å². The number of aromatic nitrogens is 2. The zero-order valence-electron chi connectivity index (χ0n) is 7.70. The van der Waals surface area contributed by atoms with E-state index in [0.717, 1.165) is 22.2 Å². The molecule has 1 heterocycles. The first-order valence-electron chi connectivity index (χ1n) is 4.18. The average Bonchev–Trinajstić information content (AvgIpc) is 2.63. The molecule has 2 rings (SSSR count). The maximum Gasteiger partial charge on any atom is 0.0656 e. The molecule has 0 saturated heterocycles. The van der Waals surface area contributed by atoms with E-state index in [-0.39, 0.29) is 0 Å². The van der Waals surface area contributed by atoms with Crippen LogP contribution in [0.5, 0.6) is 0 Å². The molecule has 2 aromatic rings. The molecular weight excluding hydrogens is 162 g/mol. The lowest BCUT2D eigenvalue weighted by Crippen LogP contribution is -1.93. The predicted molar refractivity (Wildman–Crippen MR) is 54.2 cm³/mol. The van der Waals surface area contributed by atoms with Crippen molar-refractivity contribution in [3.05, 3.63) is 30.0 Å². The Kier molecular flexibility index (Phi) is 1.85. The third-order valence-electron chi connectivity index (χ3n) is 2.20. The van der Waals surface area contributed by atoms with E-state index in [9.17, 15) is 0 Å². The number of nitrogens with zero attached hydrogens (tertiary/aromatic N) is 2. The van der Waals surface area contributed by atoms with Crippen LogP contribution in [0.1, 0.15) is 12.5 Å².